The van der Waals surface area contributed by atoms with Crippen LogP contribution in [0.25, 0.3) is 16.3 Å². The van der Waals surface area contributed by atoms with Gasteiger partial charge in [-0.25, -0.2) is 4.98 Å². The number of hydrogen-bond donors (Lipinski definition) is 2. The predicted molar refractivity (Wildman–Crippen MR) is 123 cm³/mol. The minimum Gasteiger partial charge on any atom is -0.321 e. The lowest BCUT2D eigenvalue weighted by Crippen LogP contribution is -2.36. The monoisotopic (exact) mass is 422 g/mol. The van der Waals surface area contributed by atoms with Crippen molar-refractivity contribution in [2.45, 2.75) is 47.0 Å². The molecular formula is C24H30N4OS. The average Bonchev–Trinajstić information content (AvgIpc) is 3.36. The molecule has 0 radical (unpaired) electrons. The van der Waals surface area contributed by atoms with Crippen molar-refractivity contribution in [1.29, 1.82) is 0 Å². The molecule has 2 aliphatic carbocycles. The Morgan fingerprint density at radius 3 is 2.97 bits per heavy atom. The molecule has 3 aliphatic rings. The fraction of sp³-hybridized carbons (Fsp3) is 0.542. The highest BCUT2D eigenvalue weighted by atomic mass is 32.1. The molecule has 2 N–H and O–H groups in total. The Kier molecular flexibility index (Phi) is 4.54. The molecular weight excluding hydrogens is 392 g/mol. The first-order valence-electron chi connectivity index (χ1n) is 10.9. The maximum absolute atomic E-state index is 12.5. The van der Waals surface area contributed by atoms with Crippen molar-refractivity contribution < 1.29 is 4.79 Å². The normalized spacial score (nSPS) is 35.2. The van der Waals surface area contributed by atoms with Crippen molar-refractivity contribution in [3.05, 3.63) is 35.0 Å². The summed E-state index contributed by atoms with van der Waals surface area (Å²) in [5.74, 6) is 2.71. The Balaban J connectivity index is 1.32. The number of thiazole rings is 1. The van der Waals surface area contributed by atoms with Gasteiger partial charge >= 0.3 is 0 Å². The number of amides is 1. The highest BCUT2D eigenvalue weighted by Crippen LogP contribution is 2.62. The van der Waals surface area contributed by atoms with Gasteiger partial charge in [-0.15, -0.1) is 11.3 Å². The molecule has 1 aliphatic heterocycles. The van der Waals surface area contributed by atoms with E-state index in [9.17, 15) is 4.79 Å². The Morgan fingerprint density at radius 2 is 2.13 bits per heavy atom. The summed E-state index contributed by atoms with van der Waals surface area (Å²) in [6, 6.07) is 6.04. The van der Waals surface area contributed by atoms with Crippen molar-refractivity contribution in [1.82, 2.24) is 15.6 Å². The number of benzene rings is 1. The van der Waals surface area contributed by atoms with Crippen molar-refractivity contribution >= 4 is 39.5 Å². The highest BCUT2D eigenvalue weighted by molar-refractivity contribution is 7.16. The third-order valence-electron chi connectivity index (χ3n) is 8.32. The van der Waals surface area contributed by atoms with E-state index < -0.39 is 0 Å². The molecule has 158 valence electrons. The molecule has 1 aromatic heterocycles. The zero-order chi connectivity index (χ0) is 21.1. The van der Waals surface area contributed by atoms with E-state index in [-0.39, 0.29) is 11.3 Å². The van der Waals surface area contributed by atoms with Crippen LogP contribution in [0.4, 0.5) is 0 Å². The second-order valence-corrected chi connectivity index (χ2v) is 11.1. The van der Waals surface area contributed by atoms with Crippen molar-refractivity contribution in [2.24, 2.45) is 33.6 Å². The fourth-order valence-electron chi connectivity index (χ4n) is 5.93. The summed E-state index contributed by atoms with van der Waals surface area (Å²) in [4.78, 5) is 21.6. The third kappa shape index (κ3) is 3.16. The lowest BCUT2D eigenvalue weighted by atomic mass is 9.66. The minimum absolute atomic E-state index is 0.123. The van der Waals surface area contributed by atoms with Crippen LogP contribution >= 0.6 is 11.3 Å². The Morgan fingerprint density at radius 1 is 1.30 bits per heavy atom. The molecule has 2 saturated carbocycles. The van der Waals surface area contributed by atoms with E-state index in [1.54, 1.807) is 11.3 Å². The molecule has 6 heteroatoms. The lowest BCUT2D eigenvalue weighted by Gasteiger charge is -2.40. The van der Waals surface area contributed by atoms with E-state index >= 15 is 0 Å². The summed E-state index contributed by atoms with van der Waals surface area (Å²) < 4.78 is 1.12. The molecule has 1 saturated heterocycles. The van der Waals surface area contributed by atoms with Crippen LogP contribution in [0.3, 0.4) is 0 Å². The molecule has 3 fully saturated rings. The summed E-state index contributed by atoms with van der Waals surface area (Å²) in [6.07, 6.45) is 5.71. The van der Waals surface area contributed by atoms with E-state index in [1.165, 1.54) is 19.3 Å². The van der Waals surface area contributed by atoms with Gasteiger partial charge in [0, 0.05) is 6.54 Å². The largest absolute Gasteiger partial charge is 0.321 e. The summed E-state index contributed by atoms with van der Waals surface area (Å²) in [7, 11) is 0. The van der Waals surface area contributed by atoms with Gasteiger partial charge in [0.05, 0.1) is 15.7 Å². The van der Waals surface area contributed by atoms with Gasteiger partial charge in [-0.2, -0.15) is 0 Å². The van der Waals surface area contributed by atoms with Gasteiger partial charge in [0.1, 0.15) is 5.70 Å². The summed E-state index contributed by atoms with van der Waals surface area (Å²) >= 11 is 1.60. The third-order valence-corrected chi connectivity index (χ3v) is 9.11. The molecule has 30 heavy (non-hydrogen) atoms. The summed E-state index contributed by atoms with van der Waals surface area (Å²) in [5.41, 5.74) is 4.98. The van der Waals surface area contributed by atoms with Crippen LogP contribution in [0.2, 0.25) is 0 Å². The van der Waals surface area contributed by atoms with Crippen LogP contribution < -0.4 is 10.6 Å². The zero-order valence-corrected chi connectivity index (χ0v) is 19.0. The van der Waals surface area contributed by atoms with E-state index in [4.69, 9.17) is 4.99 Å². The van der Waals surface area contributed by atoms with Crippen molar-refractivity contribution in [3.63, 3.8) is 0 Å². The zero-order valence-electron chi connectivity index (χ0n) is 18.2. The maximum Gasteiger partial charge on any atom is 0.274 e. The topological polar surface area (TPSA) is 66.4 Å². The molecule has 5 rings (SSSR count). The summed E-state index contributed by atoms with van der Waals surface area (Å²) in [5, 5.41) is 6.10. The van der Waals surface area contributed by atoms with Gasteiger partial charge in [0.15, 0.2) is 0 Å². The van der Waals surface area contributed by atoms with Gasteiger partial charge in [0.25, 0.3) is 5.91 Å². The molecule has 0 spiro atoms. The Hall–Kier alpha value is -2.21. The average molecular weight is 423 g/mol. The number of fused-ring (bicyclic) bond motifs is 3. The molecule has 1 unspecified atom stereocenters. The molecule has 2 aromatic rings. The van der Waals surface area contributed by atoms with Gasteiger partial charge in [-0.3, -0.25) is 15.1 Å². The number of carbonyl (C=O) groups is 1. The molecule has 2 bridgehead atoms. The quantitative estimate of drug-likeness (QED) is 0.698. The first-order chi connectivity index (χ1) is 14.3. The van der Waals surface area contributed by atoms with Crippen molar-refractivity contribution in [2.75, 3.05) is 6.54 Å². The van der Waals surface area contributed by atoms with E-state index in [1.807, 2.05) is 23.7 Å². The number of aromatic nitrogens is 1. The van der Waals surface area contributed by atoms with Gasteiger partial charge in [-0.1, -0.05) is 33.8 Å². The first kappa shape index (κ1) is 19.7. The van der Waals surface area contributed by atoms with Gasteiger partial charge < -0.3 is 5.32 Å². The predicted octanol–water partition coefficient (Wildman–Crippen LogP) is 4.81. The lowest BCUT2D eigenvalue weighted by molar-refractivity contribution is -0.115. The van der Waals surface area contributed by atoms with Crippen LogP contribution in [0.15, 0.2) is 34.4 Å². The number of carbonyl (C=O) groups excluding carboxylic acids is 1. The minimum atomic E-state index is -0.123. The molecule has 4 atom stereocenters. The number of hydrogen-bond acceptors (Lipinski definition) is 4. The number of nitrogens with zero attached hydrogens (tertiary/aromatic N) is 2. The van der Waals surface area contributed by atoms with Gasteiger partial charge in [0.2, 0.25) is 5.96 Å². The van der Waals surface area contributed by atoms with Crippen LogP contribution in [-0.2, 0) is 4.79 Å². The second-order valence-electron chi connectivity index (χ2n) is 10.2. The van der Waals surface area contributed by atoms with Crippen LogP contribution in [-0.4, -0.2) is 23.4 Å². The maximum atomic E-state index is 12.5. The molecule has 1 amide bonds. The Bertz CT molecular complexity index is 1070. The van der Waals surface area contributed by atoms with E-state index in [0.29, 0.717) is 28.9 Å². The summed E-state index contributed by atoms with van der Waals surface area (Å²) in [6.45, 7) is 10.5. The smallest absolute Gasteiger partial charge is 0.274 e. The molecule has 2 heterocycles. The van der Waals surface area contributed by atoms with E-state index in [2.05, 4.69) is 49.4 Å². The molecule has 1 aromatic carbocycles. The highest BCUT2D eigenvalue weighted by Gasteiger charge is 2.55. The van der Waals surface area contributed by atoms with Crippen LogP contribution in [0, 0.1) is 28.6 Å². The first-order valence-corrected chi connectivity index (χ1v) is 11.8. The number of nitrogens with one attached hydrogen (secondary N) is 2. The number of rotatable bonds is 3. The fourth-order valence-corrected chi connectivity index (χ4v) is 6.65. The Labute approximate surface area is 182 Å². The van der Waals surface area contributed by atoms with Crippen LogP contribution in [0.5, 0.6) is 0 Å². The second kappa shape index (κ2) is 6.91. The van der Waals surface area contributed by atoms with Gasteiger partial charge in [-0.05, 0) is 71.6 Å². The standard InChI is InChI=1S/C24H30N4OS/c1-14-17-11-16(23(14,2)3)7-8-24(17,4)12-25-22-27-19(21(29)28-22)9-15-5-6-18-20(10-15)30-13-26-18/h5-6,9-10,13-14,16-17H,7-8,11-12H2,1-4H3,(H2,25,27,28,29)/b19-9-/t14?,16-,17+,24+/m1/s1. The molecule has 5 nitrogen and oxygen atoms in total. The number of guanidine groups is 1. The van der Waals surface area contributed by atoms with Crippen molar-refractivity contribution in [3.8, 4) is 0 Å². The van der Waals surface area contributed by atoms with E-state index in [0.717, 1.165) is 28.2 Å². The van der Waals surface area contributed by atoms with Crippen LogP contribution in [0.1, 0.15) is 52.5 Å². The SMILES string of the molecule is CC1[C@@H]2C[C@@H](CC[C@@]2(C)CN=C2NC(=O)/C(=C/c3ccc4ncsc4c3)N2)C1(C)C. The number of aliphatic imine (C=N–C) groups is 1.